The van der Waals surface area contributed by atoms with Crippen LogP contribution in [-0.4, -0.2) is 46.8 Å². The van der Waals surface area contributed by atoms with Crippen LogP contribution in [0.15, 0.2) is 24.3 Å². The fourth-order valence-corrected chi connectivity index (χ4v) is 4.65. The van der Waals surface area contributed by atoms with Gasteiger partial charge in [-0.15, -0.1) is 0 Å². The van der Waals surface area contributed by atoms with Gasteiger partial charge in [0.2, 0.25) is 0 Å². The molecule has 1 aliphatic rings. The zero-order chi connectivity index (χ0) is 18.8. The number of alkyl halides is 3. The molecule has 0 radical (unpaired) electrons. The molecule has 1 aromatic rings. The van der Waals surface area contributed by atoms with Crippen LogP contribution in [-0.2, 0) is 14.6 Å². The normalized spacial score (nSPS) is 22.2. The zero-order valence-electron chi connectivity index (χ0n) is 13.1. The van der Waals surface area contributed by atoms with Gasteiger partial charge in [-0.2, -0.15) is 0 Å². The summed E-state index contributed by atoms with van der Waals surface area (Å²) in [5, 5.41) is 8.54. The second-order valence-electron chi connectivity index (χ2n) is 5.73. The number of rotatable bonds is 3. The van der Waals surface area contributed by atoms with Crippen molar-refractivity contribution in [1.29, 1.82) is 0 Å². The molecular weight excluding hydrogens is 429 g/mol. The Bertz CT molecular complexity index is 764. The van der Waals surface area contributed by atoms with E-state index in [1.807, 2.05) is 31.2 Å². The Kier molecular flexibility index (Phi) is 6.43. The number of thiocarbonyl (C=S) groups is 1. The molecule has 3 N–H and O–H groups in total. The van der Waals surface area contributed by atoms with Crippen LogP contribution in [0.4, 0.5) is 5.69 Å². The summed E-state index contributed by atoms with van der Waals surface area (Å²) in [7, 11) is -3.35. The molecule has 0 unspecified atom stereocenters. The molecule has 1 fully saturated rings. The summed E-state index contributed by atoms with van der Waals surface area (Å²) in [6.07, 6.45) is 0. The largest absolute Gasteiger partial charge is 0.357 e. The summed E-state index contributed by atoms with van der Waals surface area (Å²) < 4.78 is 21.6. The van der Waals surface area contributed by atoms with Crippen molar-refractivity contribution in [2.45, 2.75) is 22.8 Å². The van der Waals surface area contributed by atoms with Gasteiger partial charge < -0.3 is 16.0 Å². The molecule has 1 aliphatic heterocycles. The Hall–Kier alpha value is -0.800. The van der Waals surface area contributed by atoms with Crippen LogP contribution in [0.5, 0.6) is 0 Å². The number of hydrogen-bond donors (Lipinski definition) is 3. The molecule has 6 nitrogen and oxygen atoms in total. The molecule has 0 saturated carbocycles. The average Bonchev–Trinajstić information content (AvgIpc) is 2.74. The van der Waals surface area contributed by atoms with E-state index in [1.54, 1.807) is 0 Å². The molecule has 1 saturated heterocycles. The van der Waals surface area contributed by atoms with Gasteiger partial charge in [-0.25, -0.2) is 8.42 Å². The first-order valence-corrected chi connectivity index (χ1v) is 10.5. The van der Waals surface area contributed by atoms with Crippen LogP contribution in [0.1, 0.15) is 5.56 Å². The molecule has 11 heteroatoms. The number of carbonyl (C=O) groups is 1. The first-order valence-electron chi connectivity index (χ1n) is 7.18. The number of benzene rings is 1. The maximum atomic E-state index is 11.9. The van der Waals surface area contributed by atoms with Gasteiger partial charge in [-0.1, -0.05) is 52.5 Å². The number of hydrogen-bond acceptors (Lipinski definition) is 4. The van der Waals surface area contributed by atoms with E-state index in [-0.39, 0.29) is 16.6 Å². The average molecular weight is 445 g/mol. The Balaban J connectivity index is 2.03. The van der Waals surface area contributed by atoms with Gasteiger partial charge in [0, 0.05) is 5.69 Å². The van der Waals surface area contributed by atoms with E-state index < -0.39 is 31.6 Å². The Morgan fingerprint density at radius 3 is 2.16 bits per heavy atom. The van der Waals surface area contributed by atoms with Gasteiger partial charge >= 0.3 is 0 Å². The lowest BCUT2D eigenvalue weighted by molar-refractivity contribution is -0.120. The summed E-state index contributed by atoms with van der Waals surface area (Å²) in [5.41, 5.74) is 1.85. The van der Waals surface area contributed by atoms with Crippen molar-refractivity contribution >= 4 is 73.6 Å². The summed E-state index contributed by atoms with van der Waals surface area (Å²) in [5.74, 6) is -1.33. The Morgan fingerprint density at radius 2 is 1.64 bits per heavy atom. The third kappa shape index (κ3) is 6.14. The highest BCUT2D eigenvalue weighted by molar-refractivity contribution is 7.91. The van der Waals surface area contributed by atoms with Gasteiger partial charge in [-0.05, 0) is 31.3 Å². The molecule has 0 aromatic heterocycles. The monoisotopic (exact) mass is 443 g/mol. The first kappa shape index (κ1) is 20.5. The third-order valence-electron chi connectivity index (χ3n) is 3.55. The number of sulfone groups is 1. The molecule has 0 aliphatic carbocycles. The lowest BCUT2D eigenvalue weighted by Gasteiger charge is -2.24. The second-order valence-corrected chi connectivity index (χ2v) is 10.6. The SMILES string of the molecule is Cc1ccc(NC(=S)N[C@@H]2CS(=O)(=O)C[C@@H]2NC(=O)C(Cl)(Cl)Cl)cc1. The van der Waals surface area contributed by atoms with Gasteiger partial charge in [0.05, 0.1) is 23.6 Å². The first-order chi connectivity index (χ1) is 11.5. The predicted octanol–water partition coefficient (Wildman–Crippen LogP) is 1.93. The fraction of sp³-hybridized carbons (Fsp3) is 0.429. The number of nitrogens with one attached hydrogen (secondary N) is 3. The second kappa shape index (κ2) is 7.84. The smallest absolute Gasteiger partial charge is 0.272 e. The van der Waals surface area contributed by atoms with Gasteiger partial charge in [0.15, 0.2) is 14.9 Å². The maximum Gasteiger partial charge on any atom is 0.272 e. The Morgan fingerprint density at radius 1 is 1.12 bits per heavy atom. The van der Waals surface area contributed by atoms with E-state index in [0.29, 0.717) is 0 Å². The van der Waals surface area contributed by atoms with Crippen LogP contribution >= 0.6 is 47.0 Å². The molecule has 1 aromatic carbocycles. The van der Waals surface area contributed by atoms with Crippen LogP contribution in [0, 0.1) is 6.92 Å². The van der Waals surface area contributed by atoms with Crippen molar-refractivity contribution in [3.63, 3.8) is 0 Å². The molecule has 2 rings (SSSR count). The minimum atomic E-state index is -3.35. The summed E-state index contributed by atoms with van der Waals surface area (Å²) >= 11 is 21.8. The van der Waals surface area contributed by atoms with Crippen LogP contribution < -0.4 is 16.0 Å². The molecule has 1 heterocycles. The maximum absolute atomic E-state index is 11.9. The standard InChI is InChI=1S/C14H16Cl3N3O3S2/c1-8-2-4-9(5-3-8)18-13(24)20-11-7-25(22,23)6-10(11)19-12(21)14(15,16)17/h2-5,10-11H,6-7H2,1H3,(H,19,21)(H2,18,20,24)/t10-,11+/m0/s1. The molecule has 2 atom stereocenters. The topological polar surface area (TPSA) is 87.3 Å². The van der Waals surface area contributed by atoms with Crippen molar-refractivity contribution in [1.82, 2.24) is 10.6 Å². The fourth-order valence-electron chi connectivity index (χ4n) is 2.35. The predicted molar refractivity (Wildman–Crippen MR) is 105 cm³/mol. The van der Waals surface area contributed by atoms with E-state index in [4.69, 9.17) is 47.0 Å². The third-order valence-corrected chi connectivity index (χ3v) is 6.02. The van der Waals surface area contributed by atoms with Crippen molar-refractivity contribution in [3.05, 3.63) is 29.8 Å². The Labute approximate surface area is 166 Å². The zero-order valence-corrected chi connectivity index (χ0v) is 17.0. The van der Waals surface area contributed by atoms with Crippen molar-refractivity contribution in [2.75, 3.05) is 16.8 Å². The molecule has 25 heavy (non-hydrogen) atoms. The lowest BCUT2D eigenvalue weighted by Crippen LogP contribution is -2.53. The highest BCUT2D eigenvalue weighted by Gasteiger charge is 2.42. The van der Waals surface area contributed by atoms with E-state index in [1.165, 1.54) is 0 Å². The van der Waals surface area contributed by atoms with Crippen LogP contribution in [0.2, 0.25) is 0 Å². The highest BCUT2D eigenvalue weighted by Crippen LogP contribution is 2.27. The highest BCUT2D eigenvalue weighted by atomic mass is 35.6. The molecule has 1 amide bonds. The number of amides is 1. The lowest BCUT2D eigenvalue weighted by atomic mass is 10.2. The summed E-state index contributed by atoms with van der Waals surface area (Å²) in [6.45, 7) is 1.96. The van der Waals surface area contributed by atoms with Crippen molar-refractivity contribution < 1.29 is 13.2 Å². The minimum Gasteiger partial charge on any atom is -0.357 e. The van der Waals surface area contributed by atoms with Crippen LogP contribution in [0.25, 0.3) is 0 Å². The van der Waals surface area contributed by atoms with Crippen LogP contribution in [0.3, 0.4) is 0 Å². The van der Waals surface area contributed by atoms with Gasteiger partial charge in [-0.3, -0.25) is 4.79 Å². The number of halogens is 3. The molecular formula is C14H16Cl3N3O3S2. The minimum absolute atomic E-state index is 0.187. The summed E-state index contributed by atoms with van der Waals surface area (Å²) in [6, 6.07) is 6.12. The number of carbonyl (C=O) groups excluding carboxylic acids is 1. The van der Waals surface area contributed by atoms with E-state index >= 15 is 0 Å². The van der Waals surface area contributed by atoms with Gasteiger partial charge in [0.1, 0.15) is 0 Å². The van der Waals surface area contributed by atoms with Crippen molar-refractivity contribution in [3.8, 4) is 0 Å². The van der Waals surface area contributed by atoms with Crippen molar-refractivity contribution in [2.24, 2.45) is 0 Å². The van der Waals surface area contributed by atoms with Gasteiger partial charge in [0.25, 0.3) is 9.70 Å². The molecule has 0 spiro atoms. The molecule has 0 bridgehead atoms. The number of aryl methyl sites for hydroxylation is 1. The van der Waals surface area contributed by atoms with E-state index in [2.05, 4.69) is 16.0 Å². The molecule has 138 valence electrons. The van der Waals surface area contributed by atoms with E-state index in [9.17, 15) is 13.2 Å². The summed E-state index contributed by atoms with van der Waals surface area (Å²) in [4.78, 5) is 11.8. The number of anilines is 1. The van der Waals surface area contributed by atoms with E-state index in [0.717, 1.165) is 11.3 Å². The quantitative estimate of drug-likeness (QED) is 0.488.